The molecule has 1 amide bonds. The number of methoxy groups -OCH3 is 1. The summed E-state index contributed by atoms with van der Waals surface area (Å²) in [4.78, 5) is 31.1. The second kappa shape index (κ2) is 9.23. The predicted octanol–water partition coefficient (Wildman–Crippen LogP) is 4.95. The third-order valence-corrected chi connectivity index (χ3v) is 5.27. The number of carbonyl (C=O) groups excluding carboxylic acids is 1. The number of rotatable bonds is 7. The molecule has 1 heterocycles. The minimum Gasteiger partial charge on any atom is -0.497 e. The number of hydrogen-bond donors (Lipinski definition) is 1. The van der Waals surface area contributed by atoms with Crippen LogP contribution in [0.4, 0.5) is 0 Å². The Morgan fingerprint density at radius 3 is 2.27 bits per heavy atom. The Hall–Kier alpha value is -2.30. The van der Waals surface area contributed by atoms with Crippen LogP contribution in [-0.2, 0) is 17.6 Å². The van der Waals surface area contributed by atoms with E-state index >= 15 is 0 Å². The zero-order chi connectivity index (χ0) is 22.7. The molecule has 0 fully saturated rings. The Kier molecular flexibility index (Phi) is 7.38. The predicted molar refractivity (Wildman–Crippen MR) is 124 cm³/mol. The number of pyridine rings is 1. The number of ether oxygens (including phenoxy) is 1. The highest BCUT2D eigenvalue weighted by Crippen LogP contribution is 2.26. The highest BCUT2D eigenvalue weighted by atomic mass is 16.5. The summed E-state index contributed by atoms with van der Waals surface area (Å²) in [5.41, 5.74) is 2.25. The van der Waals surface area contributed by atoms with Crippen LogP contribution in [0.25, 0.3) is 10.9 Å². The van der Waals surface area contributed by atoms with E-state index in [1.807, 2.05) is 30.0 Å². The summed E-state index contributed by atoms with van der Waals surface area (Å²) in [5, 5.41) is 0.909. The maximum absolute atomic E-state index is 13.4. The molecule has 2 rings (SSSR count). The minimum absolute atomic E-state index is 0.00469. The van der Waals surface area contributed by atoms with Crippen LogP contribution in [0.5, 0.6) is 5.75 Å². The van der Waals surface area contributed by atoms with Crippen LogP contribution in [0.15, 0.2) is 23.0 Å². The van der Waals surface area contributed by atoms with Gasteiger partial charge in [0.15, 0.2) is 0 Å². The van der Waals surface area contributed by atoms with Crippen LogP contribution < -0.4 is 10.3 Å². The summed E-state index contributed by atoms with van der Waals surface area (Å²) < 4.78 is 5.30. The van der Waals surface area contributed by atoms with Crippen LogP contribution in [0, 0.1) is 10.8 Å². The second-order valence-electron chi connectivity index (χ2n) is 10.5. The first-order chi connectivity index (χ1) is 13.8. The monoisotopic (exact) mass is 414 g/mol. The van der Waals surface area contributed by atoms with Crippen LogP contribution in [0.1, 0.15) is 66.0 Å². The summed E-state index contributed by atoms with van der Waals surface area (Å²) in [6.07, 6.45) is 1.75. The number of nitrogens with one attached hydrogen (secondary N) is 1. The largest absolute Gasteiger partial charge is 0.497 e. The van der Waals surface area contributed by atoms with Crippen LogP contribution >= 0.6 is 0 Å². The Morgan fingerprint density at radius 2 is 1.73 bits per heavy atom. The van der Waals surface area contributed by atoms with Crippen molar-refractivity contribution in [2.45, 2.75) is 67.7 Å². The van der Waals surface area contributed by atoms with Crippen LogP contribution in [0.2, 0.25) is 0 Å². The van der Waals surface area contributed by atoms with Crippen molar-refractivity contribution in [3.05, 3.63) is 39.7 Å². The summed E-state index contributed by atoms with van der Waals surface area (Å²) in [6.45, 7) is 16.4. The molecule has 0 spiro atoms. The van der Waals surface area contributed by atoms with Crippen molar-refractivity contribution >= 4 is 16.8 Å². The highest BCUT2D eigenvalue weighted by Gasteiger charge is 2.25. The standard InChI is InChI=1S/C25H38N2O3/c1-9-18-20(19-11-10-17(30-8)14-21(19)26-23(18)29)15-22(28)27(16-25(5,6)7)13-12-24(2,3)4/h10-11,14H,9,12-13,15-16H2,1-8H3,(H,26,29). The minimum atomic E-state index is -0.127. The Labute approximate surface area is 180 Å². The maximum Gasteiger partial charge on any atom is 0.251 e. The van der Waals surface area contributed by atoms with Gasteiger partial charge in [0.05, 0.1) is 19.0 Å². The van der Waals surface area contributed by atoms with Crippen molar-refractivity contribution in [2.24, 2.45) is 10.8 Å². The molecule has 1 aromatic carbocycles. The molecule has 2 aromatic rings. The van der Waals surface area contributed by atoms with Gasteiger partial charge in [-0.3, -0.25) is 9.59 Å². The lowest BCUT2D eigenvalue weighted by atomic mass is 9.90. The van der Waals surface area contributed by atoms with E-state index in [0.717, 1.165) is 23.9 Å². The molecular formula is C25H38N2O3. The molecule has 1 aromatic heterocycles. The average molecular weight is 415 g/mol. The van der Waals surface area contributed by atoms with E-state index in [9.17, 15) is 9.59 Å². The first-order valence-corrected chi connectivity index (χ1v) is 10.8. The molecule has 166 valence electrons. The first kappa shape index (κ1) is 24.0. The smallest absolute Gasteiger partial charge is 0.251 e. The molecule has 0 saturated heterocycles. The van der Waals surface area contributed by atoms with Gasteiger partial charge in [-0.2, -0.15) is 0 Å². The number of H-pyrrole nitrogens is 1. The van der Waals surface area contributed by atoms with Gasteiger partial charge in [-0.15, -0.1) is 0 Å². The van der Waals surface area contributed by atoms with Crippen LogP contribution in [-0.4, -0.2) is 36.0 Å². The van der Waals surface area contributed by atoms with Gasteiger partial charge < -0.3 is 14.6 Å². The van der Waals surface area contributed by atoms with Crippen molar-refractivity contribution in [1.82, 2.24) is 9.88 Å². The number of carbonyl (C=O) groups is 1. The van der Waals surface area contributed by atoms with E-state index < -0.39 is 0 Å². The quantitative estimate of drug-likeness (QED) is 0.697. The third-order valence-electron chi connectivity index (χ3n) is 5.27. The number of fused-ring (bicyclic) bond motifs is 1. The first-order valence-electron chi connectivity index (χ1n) is 10.8. The number of aromatic nitrogens is 1. The second-order valence-corrected chi connectivity index (χ2v) is 10.5. The molecule has 0 aliphatic carbocycles. The van der Waals surface area contributed by atoms with Gasteiger partial charge in [0, 0.05) is 30.1 Å². The van der Waals surface area contributed by atoms with Gasteiger partial charge in [0.25, 0.3) is 5.56 Å². The molecule has 0 radical (unpaired) electrons. The molecule has 0 aliphatic rings. The van der Waals surface area contributed by atoms with E-state index in [1.165, 1.54) is 0 Å². The third kappa shape index (κ3) is 6.35. The summed E-state index contributed by atoms with van der Waals surface area (Å²) >= 11 is 0. The summed E-state index contributed by atoms with van der Waals surface area (Å²) in [5.74, 6) is 0.755. The van der Waals surface area contributed by atoms with E-state index in [2.05, 4.69) is 46.5 Å². The van der Waals surface area contributed by atoms with Crippen molar-refractivity contribution in [3.63, 3.8) is 0 Å². The molecule has 5 heteroatoms. The van der Waals surface area contributed by atoms with E-state index in [4.69, 9.17) is 4.74 Å². The van der Waals surface area contributed by atoms with Crippen molar-refractivity contribution < 1.29 is 9.53 Å². The van der Waals surface area contributed by atoms with Crippen molar-refractivity contribution in [2.75, 3.05) is 20.2 Å². The van der Waals surface area contributed by atoms with E-state index in [0.29, 0.717) is 29.8 Å². The van der Waals surface area contributed by atoms with Gasteiger partial charge in [-0.05, 0) is 41.4 Å². The topological polar surface area (TPSA) is 62.4 Å². The van der Waals surface area contributed by atoms with E-state index in [1.54, 1.807) is 7.11 Å². The normalized spacial score (nSPS) is 12.3. The van der Waals surface area contributed by atoms with Gasteiger partial charge >= 0.3 is 0 Å². The number of nitrogens with zero attached hydrogens (tertiary/aromatic N) is 1. The zero-order valence-electron chi connectivity index (χ0n) is 19.9. The van der Waals surface area contributed by atoms with Gasteiger partial charge in [-0.25, -0.2) is 0 Å². The molecule has 5 nitrogen and oxygen atoms in total. The molecule has 0 unspecified atom stereocenters. The van der Waals surface area contributed by atoms with Gasteiger partial charge in [-0.1, -0.05) is 48.5 Å². The maximum atomic E-state index is 13.4. The highest BCUT2D eigenvalue weighted by molar-refractivity contribution is 5.89. The molecule has 30 heavy (non-hydrogen) atoms. The molecular weight excluding hydrogens is 376 g/mol. The fourth-order valence-corrected chi connectivity index (χ4v) is 3.69. The van der Waals surface area contributed by atoms with Crippen molar-refractivity contribution in [1.29, 1.82) is 0 Å². The molecule has 0 aliphatic heterocycles. The summed E-state index contributed by atoms with van der Waals surface area (Å²) in [7, 11) is 1.60. The average Bonchev–Trinajstić information content (AvgIpc) is 2.62. The Morgan fingerprint density at radius 1 is 1.07 bits per heavy atom. The Bertz CT molecular complexity index is 946. The fraction of sp³-hybridized carbons (Fsp3) is 0.600. The lowest BCUT2D eigenvalue weighted by molar-refractivity contribution is -0.132. The van der Waals surface area contributed by atoms with Gasteiger partial charge in [0.1, 0.15) is 5.75 Å². The van der Waals surface area contributed by atoms with Gasteiger partial charge in [0.2, 0.25) is 5.91 Å². The van der Waals surface area contributed by atoms with Crippen LogP contribution in [0.3, 0.4) is 0 Å². The fourth-order valence-electron chi connectivity index (χ4n) is 3.69. The number of benzene rings is 1. The molecule has 0 saturated carbocycles. The van der Waals surface area contributed by atoms with Crippen molar-refractivity contribution in [3.8, 4) is 5.75 Å². The Balaban J connectivity index is 2.46. The van der Waals surface area contributed by atoms with E-state index in [-0.39, 0.29) is 28.7 Å². The zero-order valence-corrected chi connectivity index (χ0v) is 19.9. The number of aromatic amines is 1. The number of hydrogen-bond acceptors (Lipinski definition) is 3. The summed E-state index contributed by atoms with van der Waals surface area (Å²) in [6, 6.07) is 5.63. The lowest BCUT2D eigenvalue weighted by Gasteiger charge is -2.32. The SMILES string of the molecule is CCc1c(CC(=O)N(CCC(C)(C)C)CC(C)(C)C)c2ccc(OC)cc2[nH]c1=O. The molecule has 0 atom stereocenters. The molecule has 1 N–H and O–H groups in total. The number of amides is 1. The molecule has 0 bridgehead atoms. The lowest BCUT2D eigenvalue weighted by Crippen LogP contribution is -2.40.